The van der Waals surface area contributed by atoms with Crippen LogP contribution in [0.1, 0.15) is 63.0 Å². The molecule has 0 saturated carbocycles. The maximum absolute atomic E-state index is 13.1. The number of allylic oxidation sites excluding steroid dienone is 2. The number of unbranched alkanes of at least 4 members (excludes halogenated alkanes) is 1. The first-order valence-electron chi connectivity index (χ1n) is 10.1. The van der Waals surface area contributed by atoms with Gasteiger partial charge in [0.2, 0.25) is 0 Å². The molecule has 2 aromatic rings. The number of aromatic nitrogens is 2. The Morgan fingerprint density at radius 3 is 2.76 bits per heavy atom. The van der Waals surface area contributed by atoms with Crippen molar-refractivity contribution in [3.8, 4) is 0 Å². The second-order valence-electron chi connectivity index (χ2n) is 8.60. The van der Waals surface area contributed by atoms with Gasteiger partial charge in [0, 0.05) is 17.9 Å². The van der Waals surface area contributed by atoms with E-state index in [0.29, 0.717) is 28.7 Å². The molecule has 0 aromatic carbocycles. The van der Waals surface area contributed by atoms with Crippen molar-refractivity contribution in [2.75, 3.05) is 11.1 Å². The van der Waals surface area contributed by atoms with Gasteiger partial charge in [0.05, 0.1) is 17.4 Å². The number of rotatable bonds is 5. The van der Waals surface area contributed by atoms with Gasteiger partial charge in [-0.1, -0.05) is 45.0 Å². The Balaban J connectivity index is 1.86. The summed E-state index contributed by atoms with van der Waals surface area (Å²) in [6.45, 7) is 8.10. The third kappa shape index (κ3) is 3.80. The highest BCUT2D eigenvalue weighted by Crippen LogP contribution is 2.48. The number of aromatic amines is 1. The van der Waals surface area contributed by atoms with Crippen LogP contribution in [0.15, 0.2) is 38.3 Å². The lowest BCUT2D eigenvalue weighted by Crippen LogP contribution is -2.41. The van der Waals surface area contributed by atoms with Crippen LogP contribution in [-0.2, 0) is 4.79 Å². The molecule has 2 atom stereocenters. The number of nitrogens with one attached hydrogen (secondary N) is 2. The quantitative estimate of drug-likeness (QED) is 0.422. The summed E-state index contributed by atoms with van der Waals surface area (Å²) in [5, 5.41) is 3.92. The molecule has 29 heavy (non-hydrogen) atoms. The maximum Gasteiger partial charge on any atom is 0.257 e. The van der Waals surface area contributed by atoms with E-state index in [1.807, 2.05) is 19.1 Å². The predicted molar refractivity (Wildman–Crippen MR) is 114 cm³/mol. The fourth-order valence-electron chi connectivity index (χ4n) is 4.23. The Morgan fingerprint density at radius 2 is 2.07 bits per heavy atom. The van der Waals surface area contributed by atoms with E-state index in [0.717, 1.165) is 30.1 Å². The van der Waals surface area contributed by atoms with Crippen molar-refractivity contribution < 1.29 is 9.21 Å². The van der Waals surface area contributed by atoms with E-state index in [9.17, 15) is 9.59 Å². The molecule has 0 spiro atoms. The summed E-state index contributed by atoms with van der Waals surface area (Å²) >= 11 is 1.55. The molecule has 4 rings (SSSR count). The Hall–Kier alpha value is -2.28. The lowest BCUT2D eigenvalue weighted by molar-refractivity contribution is -0.124. The van der Waals surface area contributed by atoms with Crippen LogP contribution in [0.4, 0.5) is 5.82 Å². The average Bonchev–Trinajstić information content (AvgIpc) is 3.05. The number of ketones is 1. The molecule has 0 unspecified atom stereocenters. The van der Waals surface area contributed by atoms with Crippen LogP contribution in [0.25, 0.3) is 0 Å². The summed E-state index contributed by atoms with van der Waals surface area (Å²) < 4.78 is 5.90. The molecule has 0 saturated heterocycles. The summed E-state index contributed by atoms with van der Waals surface area (Å²) in [7, 11) is 0. The topological polar surface area (TPSA) is 88.0 Å². The number of anilines is 1. The molecule has 154 valence electrons. The third-order valence-electron chi connectivity index (χ3n) is 5.50. The van der Waals surface area contributed by atoms with Gasteiger partial charge in [-0.05, 0) is 30.9 Å². The van der Waals surface area contributed by atoms with E-state index in [4.69, 9.17) is 9.40 Å². The van der Waals surface area contributed by atoms with Gasteiger partial charge in [-0.15, -0.1) is 0 Å². The van der Waals surface area contributed by atoms with Crippen LogP contribution in [0.5, 0.6) is 0 Å². The molecule has 2 aliphatic rings. The number of furan rings is 1. The molecular weight excluding hydrogens is 386 g/mol. The summed E-state index contributed by atoms with van der Waals surface area (Å²) in [5.74, 6) is 2.00. The molecular formula is C22H27N3O3S. The van der Waals surface area contributed by atoms with E-state index in [1.165, 1.54) is 0 Å². The number of hydrogen-bond acceptors (Lipinski definition) is 6. The molecule has 1 aliphatic heterocycles. The fraction of sp³-hybridized carbons (Fsp3) is 0.500. The van der Waals surface area contributed by atoms with E-state index < -0.39 is 11.8 Å². The molecule has 2 aromatic heterocycles. The fourth-order valence-corrected chi connectivity index (χ4v) is 5.18. The lowest BCUT2D eigenvalue weighted by Gasteiger charge is -2.39. The number of hydrogen-bond donors (Lipinski definition) is 2. The second kappa shape index (κ2) is 7.52. The summed E-state index contributed by atoms with van der Waals surface area (Å²) in [6, 6.07) is 3.73. The largest absolute Gasteiger partial charge is 0.466 e. The molecule has 0 fully saturated rings. The zero-order valence-electron chi connectivity index (χ0n) is 17.3. The van der Waals surface area contributed by atoms with Crippen molar-refractivity contribution in [3.05, 3.63) is 51.3 Å². The minimum atomic E-state index is -0.472. The van der Waals surface area contributed by atoms with Gasteiger partial charge in [-0.25, -0.2) is 4.98 Å². The second-order valence-corrected chi connectivity index (χ2v) is 9.68. The van der Waals surface area contributed by atoms with E-state index >= 15 is 0 Å². The Kier molecular flexibility index (Phi) is 5.19. The first kappa shape index (κ1) is 20.0. The van der Waals surface area contributed by atoms with Gasteiger partial charge < -0.3 is 14.7 Å². The van der Waals surface area contributed by atoms with Gasteiger partial charge in [0.25, 0.3) is 5.56 Å². The summed E-state index contributed by atoms with van der Waals surface area (Å²) in [4.78, 5) is 33.8. The highest BCUT2D eigenvalue weighted by molar-refractivity contribution is 7.99. The van der Waals surface area contributed by atoms with E-state index in [1.54, 1.807) is 11.8 Å². The number of H-pyrrole nitrogens is 1. The Morgan fingerprint density at radius 1 is 1.28 bits per heavy atom. The smallest absolute Gasteiger partial charge is 0.257 e. The molecule has 2 N–H and O–H groups in total. The summed E-state index contributed by atoms with van der Waals surface area (Å²) in [5.41, 5.74) is 0.851. The van der Waals surface area contributed by atoms with Crippen molar-refractivity contribution in [3.63, 3.8) is 0 Å². The van der Waals surface area contributed by atoms with E-state index in [-0.39, 0.29) is 16.8 Å². The molecule has 3 heterocycles. The lowest BCUT2D eigenvalue weighted by atomic mass is 9.68. The normalized spacial score (nSPS) is 22.5. The number of carbonyl (C=O) groups is 1. The van der Waals surface area contributed by atoms with Crippen LogP contribution in [0, 0.1) is 18.3 Å². The zero-order chi connectivity index (χ0) is 20.8. The minimum Gasteiger partial charge on any atom is -0.466 e. The van der Waals surface area contributed by atoms with Crippen LogP contribution >= 0.6 is 11.8 Å². The first-order chi connectivity index (χ1) is 13.8. The summed E-state index contributed by atoms with van der Waals surface area (Å²) in [6.07, 6.45) is 4.69. The van der Waals surface area contributed by atoms with Crippen LogP contribution < -0.4 is 10.9 Å². The average molecular weight is 414 g/mol. The monoisotopic (exact) mass is 413 g/mol. The molecule has 0 bridgehead atoms. The standard InChI is InChI=1S/C22H27N3O3S/c1-5-6-9-29-21-24-19-18(20(27)25-21)17(15-8-7-12(2)28-15)16-13(23-19)10-22(3,4)11-14(16)26/h7-8,10,16-17H,5-6,9,11H2,1-4H3,(H2,23,24,25,27)/t16-,17-/m1/s1. The molecule has 0 amide bonds. The van der Waals surface area contributed by atoms with Crippen molar-refractivity contribution >= 4 is 23.4 Å². The highest BCUT2D eigenvalue weighted by Gasteiger charge is 2.46. The molecule has 6 nitrogen and oxygen atoms in total. The van der Waals surface area contributed by atoms with Crippen molar-refractivity contribution in [2.45, 2.75) is 58.0 Å². The SMILES string of the molecule is CCCCSc1nc2c(c(=O)[nH]1)[C@H](c1ccc(C)o1)[C@H]1C(=O)CC(C)(C)C=C1N2. The zero-order valence-corrected chi connectivity index (χ0v) is 18.1. The Bertz CT molecular complexity index is 1030. The first-order valence-corrected chi connectivity index (χ1v) is 11.1. The van der Waals surface area contributed by atoms with Crippen LogP contribution in [-0.4, -0.2) is 21.5 Å². The van der Waals surface area contributed by atoms with Crippen LogP contribution in [0.3, 0.4) is 0 Å². The number of aryl methyl sites for hydroxylation is 1. The van der Waals surface area contributed by atoms with Gasteiger partial charge >= 0.3 is 0 Å². The predicted octanol–water partition coefficient (Wildman–Crippen LogP) is 4.62. The molecule has 0 radical (unpaired) electrons. The Labute approximate surface area is 174 Å². The van der Waals surface area contributed by atoms with E-state index in [2.05, 4.69) is 37.1 Å². The highest BCUT2D eigenvalue weighted by atomic mass is 32.2. The van der Waals surface area contributed by atoms with Crippen molar-refractivity contribution in [1.82, 2.24) is 9.97 Å². The number of Topliss-reactive ketones (excluding diaryl/α,β-unsaturated/α-hetero) is 1. The van der Waals surface area contributed by atoms with Crippen molar-refractivity contribution in [2.24, 2.45) is 11.3 Å². The van der Waals surface area contributed by atoms with Crippen molar-refractivity contribution in [1.29, 1.82) is 0 Å². The van der Waals surface area contributed by atoms with Gasteiger partial charge in [-0.2, -0.15) is 0 Å². The number of thioether (sulfide) groups is 1. The van der Waals surface area contributed by atoms with Gasteiger partial charge in [0.1, 0.15) is 23.1 Å². The maximum atomic E-state index is 13.1. The number of nitrogens with zero attached hydrogens (tertiary/aromatic N) is 1. The minimum absolute atomic E-state index is 0.116. The molecule has 7 heteroatoms. The van der Waals surface area contributed by atoms with Gasteiger partial charge in [-0.3, -0.25) is 9.59 Å². The third-order valence-corrected chi connectivity index (χ3v) is 6.46. The van der Waals surface area contributed by atoms with Crippen LogP contribution in [0.2, 0.25) is 0 Å². The van der Waals surface area contributed by atoms with Gasteiger partial charge in [0.15, 0.2) is 5.16 Å². The number of fused-ring (bicyclic) bond motifs is 2. The molecule has 1 aliphatic carbocycles. The number of carbonyl (C=O) groups excluding carboxylic acids is 1.